The number of non-ortho nitro benzene ring substituents is 1. The zero-order valence-electron chi connectivity index (χ0n) is 10.2. The molecule has 2 aromatic rings. The van der Waals surface area contributed by atoms with E-state index in [1.54, 1.807) is 0 Å². The number of nitrogens with zero attached hydrogens (tertiary/aromatic N) is 2. The number of nitro benzene ring substituents is 1. The molecule has 0 fully saturated rings. The highest BCUT2D eigenvalue weighted by molar-refractivity contribution is 7.92. The van der Waals surface area contributed by atoms with Crippen molar-refractivity contribution in [3.8, 4) is 0 Å². The lowest BCUT2D eigenvalue weighted by molar-refractivity contribution is -0.385. The lowest BCUT2D eigenvalue weighted by Crippen LogP contribution is -2.14. The lowest BCUT2D eigenvalue weighted by atomic mass is 10.3. The summed E-state index contributed by atoms with van der Waals surface area (Å²) in [6.45, 7) is 0. The van der Waals surface area contributed by atoms with Gasteiger partial charge in [0.2, 0.25) is 0 Å². The molecule has 0 aliphatic heterocycles. The van der Waals surface area contributed by atoms with E-state index in [0.717, 1.165) is 18.2 Å². The number of sulfonamides is 1. The first-order chi connectivity index (χ1) is 9.81. The molecule has 0 aliphatic carbocycles. The van der Waals surface area contributed by atoms with Crippen molar-refractivity contribution in [3.63, 3.8) is 0 Å². The van der Waals surface area contributed by atoms with E-state index in [1.165, 1.54) is 18.3 Å². The molecular weight excluding hydrogens is 341 g/mol. The Morgan fingerprint density at radius 3 is 2.57 bits per heavy atom. The number of aromatic nitrogens is 1. The summed E-state index contributed by atoms with van der Waals surface area (Å²) in [7, 11) is -4.13. The van der Waals surface area contributed by atoms with Crippen molar-refractivity contribution < 1.29 is 13.3 Å². The second kappa shape index (κ2) is 5.84. The number of rotatable bonds is 4. The summed E-state index contributed by atoms with van der Waals surface area (Å²) in [5.74, 6) is 0. The molecule has 0 radical (unpaired) electrons. The van der Waals surface area contributed by atoms with E-state index >= 15 is 0 Å². The zero-order valence-corrected chi connectivity index (χ0v) is 12.5. The van der Waals surface area contributed by atoms with E-state index in [1.807, 2.05) is 0 Å². The average molecular weight is 348 g/mol. The van der Waals surface area contributed by atoms with Gasteiger partial charge in [0.25, 0.3) is 15.7 Å². The van der Waals surface area contributed by atoms with Gasteiger partial charge in [0.15, 0.2) is 5.15 Å². The summed E-state index contributed by atoms with van der Waals surface area (Å²) < 4.78 is 26.7. The topological polar surface area (TPSA) is 102 Å². The Balaban J connectivity index is 2.47. The van der Waals surface area contributed by atoms with Crippen LogP contribution in [0.5, 0.6) is 0 Å². The maximum Gasteiger partial charge on any atom is 0.270 e. The average Bonchev–Trinajstić information content (AvgIpc) is 2.41. The van der Waals surface area contributed by atoms with Crippen LogP contribution < -0.4 is 4.72 Å². The maximum absolute atomic E-state index is 12.2. The van der Waals surface area contributed by atoms with Crippen molar-refractivity contribution in [2.24, 2.45) is 0 Å². The molecule has 21 heavy (non-hydrogen) atoms. The molecule has 0 bridgehead atoms. The molecule has 1 heterocycles. The first kappa shape index (κ1) is 15.5. The fraction of sp³-hybridized carbons (Fsp3) is 0. The van der Waals surface area contributed by atoms with Crippen LogP contribution in [0.15, 0.2) is 41.4 Å². The lowest BCUT2D eigenvalue weighted by Gasteiger charge is -2.10. The first-order valence-electron chi connectivity index (χ1n) is 5.38. The summed E-state index contributed by atoms with van der Waals surface area (Å²) in [5.41, 5.74) is -0.348. The minimum atomic E-state index is -4.13. The van der Waals surface area contributed by atoms with E-state index in [9.17, 15) is 18.5 Å². The maximum atomic E-state index is 12.2. The predicted molar refractivity (Wildman–Crippen MR) is 78.2 cm³/mol. The quantitative estimate of drug-likeness (QED) is 0.520. The summed E-state index contributed by atoms with van der Waals surface area (Å²) >= 11 is 11.6. The number of anilines is 1. The number of pyridine rings is 1. The van der Waals surface area contributed by atoms with Gasteiger partial charge in [0, 0.05) is 18.3 Å². The van der Waals surface area contributed by atoms with E-state index in [2.05, 4.69) is 9.71 Å². The number of hydrogen-bond acceptors (Lipinski definition) is 5. The van der Waals surface area contributed by atoms with Gasteiger partial charge < -0.3 is 0 Å². The van der Waals surface area contributed by atoms with Crippen LogP contribution in [0.2, 0.25) is 10.2 Å². The Hall–Kier alpha value is -1.90. The molecule has 0 amide bonds. The van der Waals surface area contributed by atoms with Crippen LogP contribution in [0.25, 0.3) is 0 Å². The van der Waals surface area contributed by atoms with E-state index in [4.69, 9.17) is 23.2 Å². The molecule has 0 atom stereocenters. The Morgan fingerprint density at radius 2 is 1.95 bits per heavy atom. The van der Waals surface area contributed by atoms with Crippen LogP contribution in [0.3, 0.4) is 0 Å². The van der Waals surface area contributed by atoms with Gasteiger partial charge in [-0.05, 0) is 18.2 Å². The van der Waals surface area contributed by atoms with Gasteiger partial charge in [-0.1, -0.05) is 23.2 Å². The third-order valence-electron chi connectivity index (χ3n) is 2.42. The van der Waals surface area contributed by atoms with Gasteiger partial charge in [-0.2, -0.15) is 0 Å². The molecule has 0 aliphatic rings. The molecule has 2 rings (SSSR count). The largest absolute Gasteiger partial charge is 0.276 e. The van der Waals surface area contributed by atoms with Crippen LogP contribution in [-0.4, -0.2) is 18.3 Å². The summed E-state index contributed by atoms with van der Waals surface area (Å²) in [4.78, 5) is 13.3. The minimum absolute atomic E-state index is 0.0433. The molecule has 1 aromatic carbocycles. The van der Waals surface area contributed by atoms with Crippen LogP contribution in [-0.2, 0) is 10.0 Å². The molecule has 0 saturated heterocycles. The Labute approximate surface area is 129 Å². The number of nitrogens with one attached hydrogen (secondary N) is 1. The normalized spacial score (nSPS) is 11.1. The standard InChI is InChI=1S/C11H7Cl2N3O4S/c12-8-4-3-7(16(17)18)6-10(8)21(19,20)15-9-2-1-5-14-11(9)13/h1-6,15H. The Bertz CT molecular complexity index is 811. The minimum Gasteiger partial charge on any atom is -0.276 e. The third kappa shape index (κ3) is 3.41. The molecule has 10 heteroatoms. The second-order valence-electron chi connectivity index (χ2n) is 3.82. The third-order valence-corrected chi connectivity index (χ3v) is 4.57. The molecule has 7 nitrogen and oxygen atoms in total. The van der Waals surface area contributed by atoms with E-state index in [-0.39, 0.29) is 15.9 Å². The van der Waals surface area contributed by atoms with Crippen molar-refractivity contribution in [1.29, 1.82) is 0 Å². The highest BCUT2D eigenvalue weighted by Gasteiger charge is 2.22. The van der Waals surface area contributed by atoms with Crippen molar-refractivity contribution >= 4 is 44.6 Å². The van der Waals surface area contributed by atoms with Crippen molar-refractivity contribution in [2.45, 2.75) is 4.90 Å². The fourth-order valence-corrected chi connectivity index (χ4v) is 3.28. The SMILES string of the molecule is O=[N+]([O-])c1ccc(Cl)c(S(=O)(=O)Nc2cccnc2Cl)c1. The van der Waals surface area contributed by atoms with Crippen LogP contribution in [0.1, 0.15) is 0 Å². The van der Waals surface area contributed by atoms with Gasteiger partial charge in [0.05, 0.1) is 15.6 Å². The Kier molecular flexibility index (Phi) is 4.31. The summed E-state index contributed by atoms with van der Waals surface area (Å²) in [6, 6.07) is 6.00. The van der Waals surface area contributed by atoms with Gasteiger partial charge in [-0.25, -0.2) is 13.4 Å². The van der Waals surface area contributed by atoms with Gasteiger partial charge in [0.1, 0.15) is 4.90 Å². The van der Waals surface area contributed by atoms with Crippen molar-refractivity contribution in [2.75, 3.05) is 4.72 Å². The number of nitro groups is 1. The predicted octanol–water partition coefficient (Wildman–Crippen LogP) is 3.10. The molecule has 0 unspecified atom stereocenters. The van der Waals surface area contributed by atoms with Crippen LogP contribution >= 0.6 is 23.2 Å². The molecule has 1 aromatic heterocycles. The number of halogens is 2. The van der Waals surface area contributed by atoms with Gasteiger partial charge in [-0.3, -0.25) is 14.8 Å². The summed E-state index contributed by atoms with van der Waals surface area (Å²) in [6.07, 6.45) is 1.39. The molecular formula is C11H7Cl2N3O4S. The molecule has 110 valence electrons. The highest BCUT2D eigenvalue weighted by atomic mass is 35.5. The first-order valence-corrected chi connectivity index (χ1v) is 7.62. The molecule has 1 N–H and O–H groups in total. The van der Waals surface area contributed by atoms with Crippen LogP contribution in [0, 0.1) is 10.1 Å². The fourth-order valence-electron chi connectivity index (χ4n) is 1.47. The zero-order chi connectivity index (χ0) is 15.6. The second-order valence-corrected chi connectivity index (χ2v) is 6.24. The van der Waals surface area contributed by atoms with Crippen LogP contribution in [0.4, 0.5) is 11.4 Å². The summed E-state index contributed by atoms with van der Waals surface area (Å²) in [5, 5.41) is 10.5. The smallest absolute Gasteiger partial charge is 0.270 e. The monoisotopic (exact) mass is 347 g/mol. The van der Waals surface area contributed by atoms with Gasteiger partial charge >= 0.3 is 0 Å². The number of benzene rings is 1. The van der Waals surface area contributed by atoms with Gasteiger partial charge in [-0.15, -0.1) is 0 Å². The van der Waals surface area contributed by atoms with Crippen molar-refractivity contribution in [1.82, 2.24) is 4.98 Å². The number of hydrogen-bond donors (Lipinski definition) is 1. The molecule has 0 spiro atoms. The van der Waals surface area contributed by atoms with E-state index in [0.29, 0.717) is 0 Å². The Morgan fingerprint density at radius 1 is 1.24 bits per heavy atom. The molecule has 0 saturated carbocycles. The van der Waals surface area contributed by atoms with E-state index < -0.39 is 25.5 Å². The van der Waals surface area contributed by atoms with Crippen molar-refractivity contribution in [3.05, 3.63) is 56.8 Å². The highest BCUT2D eigenvalue weighted by Crippen LogP contribution is 2.29.